The molecule has 0 saturated heterocycles. The average molecular weight is 197 g/mol. The van der Waals surface area contributed by atoms with E-state index in [1.54, 1.807) is 6.92 Å². The minimum Gasteiger partial charge on any atom is -0.388 e. The Bertz CT molecular complexity index is 230. The Morgan fingerprint density at radius 1 is 1.43 bits per heavy atom. The minimum absolute atomic E-state index is 0.0363. The molecule has 0 aliphatic rings. The second kappa shape index (κ2) is 7.26. The summed E-state index contributed by atoms with van der Waals surface area (Å²) >= 11 is 0. The zero-order valence-corrected chi connectivity index (χ0v) is 8.86. The lowest BCUT2D eigenvalue weighted by Crippen LogP contribution is -2.27. The number of hydrogen-bond acceptors (Lipinski definition) is 3. The molecule has 4 N–H and O–H groups in total. The van der Waals surface area contributed by atoms with E-state index in [2.05, 4.69) is 4.99 Å². The van der Waals surface area contributed by atoms with Gasteiger partial charge in [0.15, 0.2) is 0 Å². The fraction of sp³-hybridized carbons (Fsp3) is 0.600. The van der Waals surface area contributed by atoms with Crippen molar-refractivity contribution in [2.45, 2.75) is 32.7 Å². The largest absolute Gasteiger partial charge is 0.388 e. The first-order valence-electron chi connectivity index (χ1n) is 4.71. The van der Waals surface area contributed by atoms with E-state index in [4.69, 9.17) is 11.5 Å². The highest BCUT2D eigenvalue weighted by atomic mass is 16.1. The number of aliphatic imine (C=N–C) groups is 1. The minimum atomic E-state index is -0.334. The summed E-state index contributed by atoms with van der Waals surface area (Å²) in [6.45, 7) is 3.85. The van der Waals surface area contributed by atoms with Gasteiger partial charge in [-0.15, -0.1) is 0 Å². The van der Waals surface area contributed by atoms with Crippen LogP contribution in [0.3, 0.4) is 0 Å². The van der Waals surface area contributed by atoms with Crippen molar-refractivity contribution in [1.29, 1.82) is 0 Å². The van der Waals surface area contributed by atoms with Gasteiger partial charge in [-0.25, -0.2) is 0 Å². The van der Waals surface area contributed by atoms with Gasteiger partial charge in [0.1, 0.15) is 5.78 Å². The molecule has 0 radical (unpaired) electrons. The van der Waals surface area contributed by atoms with E-state index in [0.29, 0.717) is 18.8 Å². The second-order valence-corrected chi connectivity index (χ2v) is 3.25. The topological polar surface area (TPSA) is 81.5 Å². The number of ketones is 1. The first kappa shape index (κ1) is 12.8. The molecule has 0 fully saturated rings. The van der Waals surface area contributed by atoms with Gasteiger partial charge in [0.25, 0.3) is 0 Å². The number of Topliss-reactive ketones (excluding diaryl/α,β-unsaturated/α-hetero) is 1. The van der Waals surface area contributed by atoms with E-state index >= 15 is 0 Å². The quantitative estimate of drug-likeness (QED) is 0.372. The van der Waals surface area contributed by atoms with Gasteiger partial charge in [-0.2, -0.15) is 0 Å². The van der Waals surface area contributed by atoms with Crippen LogP contribution in [0.15, 0.2) is 17.1 Å². The van der Waals surface area contributed by atoms with Gasteiger partial charge in [0.2, 0.25) is 0 Å². The second-order valence-electron chi connectivity index (χ2n) is 3.25. The summed E-state index contributed by atoms with van der Waals surface area (Å²) in [5.41, 5.74) is 10.9. The molecular formula is C10H19N3O. The molecule has 0 unspecified atom stereocenters. The number of carbonyl (C=O) groups excluding carboxylic acids is 1. The van der Waals surface area contributed by atoms with Crippen LogP contribution in [0.25, 0.3) is 0 Å². The maximum atomic E-state index is 10.8. The van der Waals surface area contributed by atoms with Gasteiger partial charge in [-0.1, -0.05) is 12.2 Å². The van der Waals surface area contributed by atoms with E-state index in [1.165, 1.54) is 6.92 Å². The van der Waals surface area contributed by atoms with Gasteiger partial charge in [-0.3, -0.25) is 9.79 Å². The van der Waals surface area contributed by atoms with Gasteiger partial charge in [0, 0.05) is 0 Å². The molecule has 1 atom stereocenters. The van der Waals surface area contributed by atoms with Crippen LogP contribution < -0.4 is 11.5 Å². The third kappa shape index (κ3) is 7.49. The van der Waals surface area contributed by atoms with Crippen molar-refractivity contribution < 1.29 is 4.79 Å². The summed E-state index contributed by atoms with van der Waals surface area (Å²) < 4.78 is 0. The molecule has 0 heterocycles. The zero-order valence-electron chi connectivity index (χ0n) is 8.86. The summed E-state index contributed by atoms with van der Waals surface area (Å²) in [7, 11) is 0. The van der Waals surface area contributed by atoms with Crippen molar-refractivity contribution >= 4 is 11.6 Å². The molecule has 0 bridgehead atoms. The van der Waals surface area contributed by atoms with Crippen LogP contribution in [-0.2, 0) is 4.79 Å². The number of carbonyl (C=O) groups is 1. The molecule has 0 spiro atoms. The average Bonchev–Trinajstić information content (AvgIpc) is 2.09. The van der Waals surface area contributed by atoms with Crippen molar-refractivity contribution in [3.63, 3.8) is 0 Å². The van der Waals surface area contributed by atoms with Gasteiger partial charge >= 0.3 is 0 Å². The Hall–Kier alpha value is -1.16. The van der Waals surface area contributed by atoms with Crippen molar-refractivity contribution in [1.82, 2.24) is 0 Å². The molecular weight excluding hydrogens is 178 g/mol. The number of nitrogens with two attached hydrogens (primary N) is 2. The third-order valence-corrected chi connectivity index (χ3v) is 1.78. The molecule has 80 valence electrons. The Morgan fingerprint density at radius 2 is 2.07 bits per heavy atom. The van der Waals surface area contributed by atoms with Crippen LogP contribution in [0.5, 0.6) is 0 Å². The van der Waals surface area contributed by atoms with Gasteiger partial charge in [-0.05, 0) is 26.7 Å². The van der Waals surface area contributed by atoms with Crippen LogP contribution in [0, 0.1) is 0 Å². The summed E-state index contributed by atoms with van der Waals surface area (Å²) in [4.78, 5) is 14.8. The van der Waals surface area contributed by atoms with Gasteiger partial charge < -0.3 is 11.5 Å². The summed E-state index contributed by atoms with van der Waals surface area (Å²) in [5, 5.41) is 0. The van der Waals surface area contributed by atoms with Crippen LogP contribution in [0.1, 0.15) is 26.7 Å². The standard InChI is InChI=1S/C10H19N3O/c1-8(14)10(12)6-4-3-5-7-13-9(2)11/h3,5,10H,4,6-7,12H2,1-2H3,(H2,11,13)/b5-3+/t10-/m0/s1. The van der Waals surface area contributed by atoms with E-state index in [9.17, 15) is 4.79 Å². The van der Waals surface area contributed by atoms with E-state index in [0.717, 1.165) is 6.42 Å². The highest BCUT2D eigenvalue weighted by Crippen LogP contribution is 1.96. The lowest BCUT2D eigenvalue weighted by Gasteiger charge is -2.03. The van der Waals surface area contributed by atoms with Crippen molar-refractivity contribution in [3.8, 4) is 0 Å². The first-order chi connectivity index (χ1) is 6.54. The zero-order chi connectivity index (χ0) is 11.0. The smallest absolute Gasteiger partial charge is 0.146 e. The maximum absolute atomic E-state index is 10.8. The van der Waals surface area contributed by atoms with E-state index < -0.39 is 0 Å². The normalized spacial score (nSPS) is 14.6. The lowest BCUT2D eigenvalue weighted by molar-refractivity contribution is -0.118. The van der Waals surface area contributed by atoms with Crippen molar-refractivity contribution in [2.24, 2.45) is 16.5 Å². The number of hydrogen-bond donors (Lipinski definition) is 2. The van der Waals surface area contributed by atoms with E-state index in [-0.39, 0.29) is 11.8 Å². The molecule has 0 aromatic heterocycles. The first-order valence-corrected chi connectivity index (χ1v) is 4.71. The number of nitrogens with zero attached hydrogens (tertiary/aromatic N) is 1. The highest BCUT2D eigenvalue weighted by Gasteiger charge is 2.04. The number of rotatable bonds is 6. The van der Waals surface area contributed by atoms with Crippen molar-refractivity contribution in [2.75, 3.05) is 6.54 Å². The Labute approximate surface area is 85.1 Å². The van der Waals surface area contributed by atoms with Crippen LogP contribution in [0.2, 0.25) is 0 Å². The molecule has 0 aliphatic heterocycles. The van der Waals surface area contributed by atoms with Crippen LogP contribution >= 0.6 is 0 Å². The highest BCUT2D eigenvalue weighted by molar-refractivity contribution is 5.81. The van der Waals surface area contributed by atoms with Crippen LogP contribution in [0.4, 0.5) is 0 Å². The van der Waals surface area contributed by atoms with Crippen LogP contribution in [-0.4, -0.2) is 24.2 Å². The van der Waals surface area contributed by atoms with E-state index in [1.807, 2.05) is 12.2 Å². The fourth-order valence-corrected chi connectivity index (χ4v) is 0.868. The molecule has 14 heavy (non-hydrogen) atoms. The molecule has 0 aromatic carbocycles. The molecule has 0 saturated carbocycles. The predicted molar refractivity (Wildman–Crippen MR) is 59.2 cm³/mol. The summed E-state index contributed by atoms with van der Waals surface area (Å²) in [6, 6.07) is -0.334. The maximum Gasteiger partial charge on any atom is 0.146 e. The van der Waals surface area contributed by atoms with Crippen molar-refractivity contribution in [3.05, 3.63) is 12.2 Å². The number of allylic oxidation sites excluding steroid dienone is 1. The SMILES string of the molecule is CC(=O)[C@@H](N)CC/C=C/CN=C(C)N. The lowest BCUT2D eigenvalue weighted by atomic mass is 10.1. The Morgan fingerprint density at radius 3 is 2.57 bits per heavy atom. The number of amidine groups is 1. The molecule has 0 aromatic rings. The molecule has 0 aliphatic carbocycles. The monoisotopic (exact) mass is 197 g/mol. The molecule has 4 nitrogen and oxygen atoms in total. The van der Waals surface area contributed by atoms with Gasteiger partial charge in [0.05, 0.1) is 18.4 Å². The summed E-state index contributed by atoms with van der Waals surface area (Å²) in [6.07, 6.45) is 5.38. The Kier molecular flexibility index (Phi) is 6.66. The fourth-order valence-electron chi connectivity index (χ4n) is 0.868. The Balaban J connectivity index is 3.54. The molecule has 0 amide bonds. The predicted octanol–water partition coefficient (Wildman–Crippen LogP) is 0.616. The third-order valence-electron chi connectivity index (χ3n) is 1.78. The molecule has 0 rings (SSSR count). The summed E-state index contributed by atoms with van der Waals surface area (Å²) in [5.74, 6) is 0.615. The molecule has 4 heteroatoms.